The Hall–Kier alpha value is -1.90. The molecule has 2 bridgehead atoms. The number of para-hydroxylation sites is 1. The van der Waals surface area contributed by atoms with Crippen molar-refractivity contribution in [3.05, 3.63) is 42.0 Å². The fraction of sp³-hybridized carbons (Fsp3) is 0.474. The molecule has 3 heteroatoms. The number of carbonyl (C=O) groups is 2. The maximum absolute atomic E-state index is 13.0. The first kappa shape index (κ1) is 12.6. The summed E-state index contributed by atoms with van der Waals surface area (Å²) in [6, 6.07) is 7.83. The van der Waals surface area contributed by atoms with Gasteiger partial charge < -0.3 is 0 Å². The number of benzene rings is 1. The minimum atomic E-state index is -0.101. The quantitative estimate of drug-likeness (QED) is 0.621. The van der Waals surface area contributed by atoms with E-state index < -0.39 is 0 Å². The van der Waals surface area contributed by atoms with Crippen LogP contribution in [-0.2, 0) is 16.0 Å². The third-order valence-corrected chi connectivity index (χ3v) is 6.28. The van der Waals surface area contributed by atoms with Gasteiger partial charge in [-0.2, -0.15) is 0 Å². The largest absolute Gasteiger partial charge is 0.274 e. The van der Waals surface area contributed by atoms with Gasteiger partial charge in [0.15, 0.2) is 0 Å². The molecule has 1 heterocycles. The van der Waals surface area contributed by atoms with Gasteiger partial charge in [-0.3, -0.25) is 9.59 Å². The lowest BCUT2D eigenvalue weighted by Gasteiger charge is -2.37. The van der Waals surface area contributed by atoms with Crippen LogP contribution in [0.15, 0.2) is 36.4 Å². The Morgan fingerprint density at radius 2 is 1.59 bits per heavy atom. The van der Waals surface area contributed by atoms with Crippen molar-refractivity contribution in [1.82, 2.24) is 0 Å². The Morgan fingerprint density at radius 3 is 2.18 bits per heavy atom. The number of hydrogen-bond acceptors (Lipinski definition) is 2. The van der Waals surface area contributed by atoms with Crippen LogP contribution in [0, 0.1) is 35.5 Å². The molecule has 0 spiro atoms. The van der Waals surface area contributed by atoms with E-state index in [9.17, 15) is 9.59 Å². The Labute approximate surface area is 130 Å². The van der Waals surface area contributed by atoms with E-state index in [4.69, 9.17) is 0 Å². The lowest BCUT2D eigenvalue weighted by atomic mass is 9.63. The molecule has 3 fully saturated rings. The van der Waals surface area contributed by atoms with Crippen LogP contribution < -0.4 is 4.90 Å². The lowest BCUT2D eigenvalue weighted by Crippen LogP contribution is -2.40. The molecule has 6 atom stereocenters. The van der Waals surface area contributed by atoms with Gasteiger partial charge in [0.2, 0.25) is 11.8 Å². The molecular weight excluding hydrogens is 274 g/mol. The first-order chi connectivity index (χ1) is 10.7. The molecule has 1 aliphatic heterocycles. The molecule has 0 unspecified atom stereocenters. The average Bonchev–Trinajstić information content (AvgIpc) is 3.32. The molecule has 1 saturated heterocycles. The SMILES string of the molecule is CCc1ccccc1N1C(=O)[C@@H]2[C@H]3C=C[C@@H]([C@@H]4C[C@H]34)[C@@H]2C1=O. The third-order valence-electron chi connectivity index (χ3n) is 6.28. The summed E-state index contributed by atoms with van der Waals surface area (Å²) in [7, 11) is 0. The second-order valence-corrected chi connectivity index (χ2v) is 7.15. The van der Waals surface area contributed by atoms with Crippen LogP contribution in [0.5, 0.6) is 0 Å². The molecule has 3 nitrogen and oxygen atoms in total. The Bertz CT molecular complexity index is 686. The molecule has 1 aromatic carbocycles. The zero-order chi connectivity index (χ0) is 15.0. The highest BCUT2D eigenvalue weighted by Gasteiger charge is 2.67. The van der Waals surface area contributed by atoms with Gasteiger partial charge in [-0.15, -0.1) is 0 Å². The van der Waals surface area contributed by atoms with Crippen LogP contribution in [0.3, 0.4) is 0 Å². The van der Waals surface area contributed by atoms with Gasteiger partial charge in [-0.05, 0) is 48.1 Å². The van der Waals surface area contributed by atoms with Gasteiger partial charge in [-0.25, -0.2) is 4.90 Å². The summed E-state index contributed by atoms with van der Waals surface area (Å²) < 4.78 is 0. The van der Waals surface area contributed by atoms with Crippen molar-refractivity contribution < 1.29 is 9.59 Å². The summed E-state index contributed by atoms with van der Waals surface area (Å²) >= 11 is 0. The highest BCUT2D eigenvalue weighted by molar-refractivity contribution is 6.23. The van der Waals surface area contributed by atoms with E-state index in [1.165, 1.54) is 11.3 Å². The number of carbonyl (C=O) groups excluding carboxylic acids is 2. The van der Waals surface area contributed by atoms with Crippen LogP contribution in [-0.4, -0.2) is 11.8 Å². The van der Waals surface area contributed by atoms with Gasteiger partial charge in [0.05, 0.1) is 17.5 Å². The van der Waals surface area contributed by atoms with Crippen LogP contribution in [0.25, 0.3) is 0 Å². The van der Waals surface area contributed by atoms with Crippen molar-refractivity contribution in [3.8, 4) is 0 Å². The molecule has 1 aromatic rings. The van der Waals surface area contributed by atoms with E-state index in [0.29, 0.717) is 23.7 Å². The van der Waals surface area contributed by atoms with Crippen LogP contribution in [0.2, 0.25) is 0 Å². The molecule has 112 valence electrons. The summed E-state index contributed by atoms with van der Waals surface area (Å²) in [6.45, 7) is 2.07. The number of allylic oxidation sites excluding steroid dienone is 2. The van der Waals surface area contributed by atoms with Crippen LogP contribution >= 0.6 is 0 Å². The predicted molar refractivity (Wildman–Crippen MR) is 83.0 cm³/mol. The first-order valence-corrected chi connectivity index (χ1v) is 8.36. The van der Waals surface area contributed by atoms with Gasteiger partial charge in [-0.1, -0.05) is 37.3 Å². The van der Waals surface area contributed by atoms with Crippen molar-refractivity contribution in [2.45, 2.75) is 19.8 Å². The summed E-state index contributed by atoms with van der Waals surface area (Å²) in [5.74, 6) is 1.81. The molecule has 2 saturated carbocycles. The van der Waals surface area contributed by atoms with Crippen molar-refractivity contribution in [2.24, 2.45) is 35.5 Å². The normalized spacial score (nSPS) is 40.9. The summed E-state index contributed by atoms with van der Waals surface area (Å²) in [4.78, 5) is 27.6. The summed E-state index contributed by atoms with van der Waals surface area (Å²) in [5.41, 5.74) is 1.88. The molecule has 0 aromatic heterocycles. The molecule has 0 N–H and O–H groups in total. The van der Waals surface area contributed by atoms with Crippen molar-refractivity contribution >= 4 is 17.5 Å². The minimum Gasteiger partial charge on any atom is -0.274 e. The average molecular weight is 293 g/mol. The van der Waals surface area contributed by atoms with E-state index in [-0.39, 0.29) is 23.7 Å². The van der Waals surface area contributed by atoms with Gasteiger partial charge >= 0.3 is 0 Å². The number of anilines is 1. The number of hydrogen-bond donors (Lipinski definition) is 0. The maximum Gasteiger partial charge on any atom is 0.238 e. The van der Waals surface area contributed by atoms with E-state index in [1.54, 1.807) is 0 Å². The van der Waals surface area contributed by atoms with E-state index in [1.807, 2.05) is 24.3 Å². The fourth-order valence-corrected chi connectivity index (χ4v) is 5.22. The van der Waals surface area contributed by atoms with Crippen LogP contribution in [0.1, 0.15) is 18.9 Å². The zero-order valence-corrected chi connectivity index (χ0v) is 12.6. The number of amides is 2. The van der Waals surface area contributed by atoms with Crippen molar-refractivity contribution in [1.29, 1.82) is 0 Å². The fourth-order valence-electron chi connectivity index (χ4n) is 5.22. The predicted octanol–water partition coefficient (Wildman–Crippen LogP) is 2.81. The molecule has 4 aliphatic carbocycles. The second-order valence-electron chi connectivity index (χ2n) is 7.15. The maximum atomic E-state index is 13.0. The molecule has 6 rings (SSSR count). The second kappa shape index (κ2) is 4.09. The number of imide groups is 1. The topological polar surface area (TPSA) is 37.4 Å². The van der Waals surface area contributed by atoms with Gasteiger partial charge in [0, 0.05) is 0 Å². The first-order valence-electron chi connectivity index (χ1n) is 8.36. The third kappa shape index (κ3) is 1.37. The molecule has 2 amide bonds. The molecule has 22 heavy (non-hydrogen) atoms. The van der Waals surface area contributed by atoms with Crippen LogP contribution in [0.4, 0.5) is 5.69 Å². The molecule has 5 aliphatic rings. The Morgan fingerprint density at radius 1 is 1.00 bits per heavy atom. The smallest absolute Gasteiger partial charge is 0.238 e. The number of rotatable bonds is 2. The Balaban J connectivity index is 1.60. The minimum absolute atomic E-state index is 0.0422. The molecular formula is C19H19NO2. The van der Waals surface area contributed by atoms with Gasteiger partial charge in [0.1, 0.15) is 0 Å². The molecule has 0 radical (unpaired) electrons. The van der Waals surface area contributed by atoms with Gasteiger partial charge in [0.25, 0.3) is 0 Å². The zero-order valence-electron chi connectivity index (χ0n) is 12.6. The number of aryl methyl sites for hydroxylation is 1. The highest BCUT2D eigenvalue weighted by Crippen LogP contribution is 2.65. The van der Waals surface area contributed by atoms with E-state index in [2.05, 4.69) is 19.1 Å². The highest BCUT2D eigenvalue weighted by atomic mass is 16.2. The monoisotopic (exact) mass is 293 g/mol. The summed E-state index contributed by atoms with van der Waals surface area (Å²) in [5, 5.41) is 0. The van der Waals surface area contributed by atoms with Crippen molar-refractivity contribution in [2.75, 3.05) is 4.90 Å². The van der Waals surface area contributed by atoms with E-state index >= 15 is 0 Å². The van der Waals surface area contributed by atoms with Crippen molar-refractivity contribution in [3.63, 3.8) is 0 Å². The standard InChI is InChI=1S/C19H19NO2/c1-2-10-5-3-4-6-15(10)20-18(21)16-11-7-8-12(14-9-13(11)14)17(16)19(20)22/h3-8,11-14,16-17H,2,9H2,1H3/t11-,12-,13-,14+,16-,17+/m0/s1. The summed E-state index contributed by atoms with van der Waals surface area (Å²) in [6.07, 6.45) is 6.49. The lowest BCUT2D eigenvalue weighted by molar-refractivity contribution is -0.124. The number of nitrogens with zero attached hydrogens (tertiary/aromatic N) is 1. The van der Waals surface area contributed by atoms with E-state index in [0.717, 1.165) is 17.7 Å². The Kier molecular flexibility index (Phi) is 2.35.